The lowest BCUT2D eigenvalue weighted by Crippen LogP contribution is -2.45. The van der Waals surface area contributed by atoms with Gasteiger partial charge in [0.25, 0.3) is 5.91 Å². The summed E-state index contributed by atoms with van der Waals surface area (Å²) in [5.74, 6) is 0.495. The summed E-state index contributed by atoms with van der Waals surface area (Å²) in [4.78, 5) is 26.4. The Hall–Kier alpha value is -2.71. The summed E-state index contributed by atoms with van der Waals surface area (Å²) in [6.45, 7) is 10.2. The second-order valence-electron chi connectivity index (χ2n) is 9.62. The van der Waals surface area contributed by atoms with Crippen LogP contribution >= 0.6 is 22.9 Å². The minimum atomic E-state index is -0.109. The van der Waals surface area contributed by atoms with Gasteiger partial charge in [0.15, 0.2) is 6.19 Å². The Balaban J connectivity index is 1.51. The third kappa shape index (κ3) is 8.67. The number of rotatable bonds is 11. The minimum Gasteiger partial charge on any atom is -0.383 e. The number of likely N-dealkylation sites (tertiary alicyclic amines) is 1. The molecule has 2 aromatic rings. The number of piperidine rings is 1. The summed E-state index contributed by atoms with van der Waals surface area (Å²) < 4.78 is 5.29. The highest BCUT2D eigenvalue weighted by atomic mass is 35.5. The van der Waals surface area contributed by atoms with Crippen molar-refractivity contribution in [2.24, 2.45) is 4.99 Å². The average Bonchev–Trinajstić information content (AvgIpc) is 3.39. The molecule has 0 aromatic carbocycles. The lowest BCUT2D eigenvalue weighted by atomic mass is 10.0. The third-order valence-electron chi connectivity index (χ3n) is 6.85. The summed E-state index contributed by atoms with van der Waals surface area (Å²) >= 11 is 7.65. The largest absolute Gasteiger partial charge is 0.383 e. The number of guanidine groups is 1. The van der Waals surface area contributed by atoms with Gasteiger partial charge in [-0.15, -0.1) is 0 Å². The first-order chi connectivity index (χ1) is 18.3. The summed E-state index contributed by atoms with van der Waals surface area (Å²) in [6.07, 6.45) is 4.74. The number of amides is 1. The van der Waals surface area contributed by atoms with E-state index in [1.54, 1.807) is 31.4 Å². The Kier molecular flexibility index (Phi) is 11.8. The Morgan fingerprint density at radius 2 is 2.18 bits per heavy atom. The van der Waals surface area contributed by atoms with Crippen LogP contribution in [0.3, 0.4) is 0 Å². The normalized spacial score (nSPS) is 15.6. The molecule has 3 heterocycles. The van der Waals surface area contributed by atoms with Crippen LogP contribution in [0.5, 0.6) is 0 Å². The molecule has 11 heteroatoms. The van der Waals surface area contributed by atoms with Crippen molar-refractivity contribution in [3.63, 3.8) is 0 Å². The third-order valence-corrected chi connectivity index (χ3v) is 7.78. The number of nitrogens with one attached hydrogen (secondary N) is 2. The van der Waals surface area contributed by atoms with E-state index >= 15 is 0 Å². The number of thiophene rings is 1. The minimum absolute atomic E-state index is 0.109. The van der Waals surface area contributed by atoms with Gasteiger partial charge >= 0.3 is 0 Å². The zero-order valence-electron chi connectivity index (χ0n) is 22.7. The Morgan fingerprint density at radius 1 is 1.42 bits per heavy atom. The van der Waals surface area contributed by atoms with Crippen LogP contribution in [-0.4, -0.2) is 78.6 Å². The van der Waals surface area contributed by atoms with E-state index < -0.39 is 0 Å². The number of nitriles is 1. The van der Waals surface area contributed by atoms with Crippen molar-refractivity contribution in [3.8, 4) is 6.19 Å². The number of ether oxygens (including phenoxy) is 1. The molecule has 3 rings (SSSR count). The number of methoxy groups -OCH3 is 1. The molecule has 38 heavy (non-hydrogen) atoms. The molecule has 0 bridgehead atoms. The molecule has 1 aliphatic heterocycles. The SMILES string of the molecule is COCCN(Cc1ccsc1)C(=NC1CCN(C(C)CCNC(=O)c2c(C)cc(Cl)nc2C)CC1)NC#N. The summed E-state index contributed by atoms with van der Waals surface area (Å²) in [5.41, 5.74) is 3.26. The number of halogens is 1. The molecule has 2 N–H and O–H groups in total. The van der Waals surface area contributed by atoms with Gasteiger partial charge in [-0.05, 0) is 74.1 Å². The van der Waals surface area contributed by atoms with Gasteiger partial charge in [-0.2, -0.15) is 16.6 Å². The van der Waals surface area contributed by atoms with Crippen molar-refractivity contribution in [2.75, 3.05) is 39.9 Å². The molecular weight excluding hydrogens is 522 g/mol. The lowest BCUT2D eigenvalue weighted by Gasteiger charge is -2.35. The Bertz CT molecular complexity index is 1090. The van der Waals surface area contributed by atoms with Crippen molar-refractivity contribution in [1.29, 1.82) is 5.26 Å². The van der Waals surface area contributed by atoms with E-state index in [4.69, 9.17) is 21.3 Å². The second kappa shape index (κ2) is 15.0. The molecule has 1 atom stereocenters. The molecule has 0 aliphatic carbocycles. The van der Waals surface area contributed by atoms with Crippen LogP contribution < -0.4 is 10.6 Å². The van der Waals surface area contributed by atoms with Crippen molar-refractivity contribution in [1.82, 2.24) is 25.4 Å². The zero-order chi connectivity index (χ0) is 27.5. The molecule has 0 saturated carbocycles. The van der Waals surface area contributed by atoms with Crippen LogP contribution in [0.4, 0.5) is 0 Å². The van der Waals surface area contributed by atoms with Gasteiger partial charge in [0.2, 0.25) is 5.96 Å². The van der Waals surface area contributed by atoms with Crippen LogP contribution in [0.25, 0.3) is 0 Å². The van der Waals surface area contributed by atoms with E-state index in [1.165, 1.54) is 5.56 Å². The maximum absolute atomic E-state index is 12.7. The van der Waals surface area contributed by atoms with Crippen molar-refractivity contribution in [3.05, 3.63) is 50.4 Å². The maximum Gasteiger partial charge on any atom is 0.253 e. The van der Waals surface area contributed by atoms with Gasteiger partial charge in [-0.3, -0.25) is 10.1 Å². The molecule has 206 valence electrons. The van der Waals surface area contributed by atoms with Crippen molar-refractivity contribution >= 4 is 34.8 Å². The maximum atomic E-state index is 12.7. The van der Waals surface area contributed by atoms with Gasteiger partial charge in [0.1, 0.15) is 5.15 Å². The van der Waals surface area contributed by atoms with Crippen LogP contribution in [0, 0.1) is 25.3 Å². The molecule has 0 spiro atoms. The van der Waals surface area contributed by atoms with E-state index in [9.17, 15) is 10.1 Å². The van der Waals surface area contributed by atoms with Gasteiger partial charge < -0.3 is 19.9 Å². The van der Waals surface area contributed by atoms with Crippen molar-refractivity contribution < 1.29 is 9.53 Å². The van der Waals surface area contributed by atoms with E-state index in [-0.39, 0.29) is 11.9 Å². The highest BCUT2D eigenvalue weighted by Crippen LogP contribution is 2.19. The number of pyridine rings is 1. The van der Waals surface area contributed by atoms with Gasteiger partial charge in [-0.25, -0.2) is 9.98 Å². The zero-order valence-corrected chi connectivity index (χ0v) is 24.2. The van der Waals surface area contributed by atoms with E-state index in [1.807, 2.05) is 6.92 Å². The molecule has 2 aromatic heterocycles. The number of aliphatic imine (C=N–C) groups is 1. The molecule has 9 nitrogen and oxygen atoms in total. The van der Waals surface area contributed by atoms with Gasteiger partial charge in [0.05, 0.1) is 23.9 Å². The fraction of sp³-hybridized carbons (Fsp3) is 0.556. The number of hydrogen-bond acceptors (Lipinski definition) is 7. The molecule has 1 fully saturated rings. The smallest absolute Gasteiger partial charge is 0.253 e. The Labute approximate surface area is 234 Å². The van der Waals surface area contributed by atoms with Crippen LogP contribution in [0.2, 0.25) is 5.15 Å². The molecular formula is C27H38ClN7O2S. The average molecular weight is 560 g/mol. The van der Waals surface area contributed by atoms with Gasteiger partial charge in [0, 0.05) is 45.9 Å². The second-order valence-corrected chi connectivity index (χ2v) is 10.8. The number of aryl methyl sites for hydroxylation is 2. The fourth-order valence-electron chi connectivity index (χ4n) is 4.73. The number of hydrogen-bond donors (Lipinski definition) is 2. The highest BCUT2D eigenvalue weighted by molar-refractivity contribution is 7.07. The topological polar surface area (TPSA) is 106 Å². The lowest BCUT2D eigenvalue weighted by molar-refractivity contribution is 0.0944. The van der Waals surface area contributed by atoms with Crippen LogP contribution in [0.1, 0.15) is 53.4 Å². The summed E-state index contributed by atoms with van der Waals surface area (Å²) in [5, 5.41) is 19.8. The van der Waals surface area contributed by atoms with E-state index in [0.29, 0.717) is 54.7 Å². The molecule has 1 amide bonds. The summed E-state index contributed by atoms with van der Waals surface area (Å²) in [7, 11) is 1.68. The highest BCUT2D eigenvalue weighted by Gasteiger charge is 2.24. The quantitative estimate of drug-likeness (QED) is 0.141. The first-order valence-electron chi connectivity index (χ1n) is 13.0. The predicted molar refractivity (Wildman–Crippen MR) is 153 cm³/mol. The first-order valence-corrected chi connectivity index (χ1v) is 14.3. The standard InChI is InChI=1S/C27H38ClN7O2S/c1-19-15-24(28)32-21(3)25(19)26(36)30-9-5-20(2)34-10-6-23(7-11-34)33-27(31-18-29)35(12-13-37-4)16-22-8-14-38-17-22/h8,14-15,17,20,23H,5-7,9-13,16H2,1-4H3,(H,30,36)(H,31,33). The first kappa shape index (κ1) is 29.8. The fourth-order valence-corrected chi connectivity index (χ4v) is 5.68. The van der Waals surface area contributed by atoms with Crippen molar-refractivity contribution in [2.45, 2.75) is 58.7 Å². The van der Waals surface area contributed by atoms with Crippen LogP contribution in [-0.2, 0) is 11.3 Å². The van der Waals surface area contributed by atoms with Gasteiger partial charge in [-0.1, -0.05) is 11.6 Å². The molecule has 0 radical (unpaired) electrons. The number of nitrogens with zero attached hydrogens (tertiary/aromatic N) is 5. The Morgan fingerprint density at radius 3 is 2.82 bits per heavy atom. The number of carbonyl (C=O) groups is 1. The molecule has 1 saturated heterocycles. The van der Waals surface area contributed by atoms with Crippen LogP contribution in [0.15, 0.2) is 27.9 Å². The van der Waals surface area contributed by atoms with E-state index in [2.05, 4.69) is 55.4 Å². The molecule has 1 unspecified atom stereocenters. The van der Waals surface area contributed by atoms with E-state index in [0.717, 1.165) is 37.9 Å². The predicted octanol–water partition coefficient (Wildman–Crippen LogP) is 3.96. The summed E-state index contributed by atoms with van der Waals surface area (Å²) in [6, 6.07) is 4.28. The number of aromatic nitrogens is 1. The number of carbonyl (C=O) groups excluding carboxylic acids is 1. The monoisotopic (exact) mass is 559 g/mol. The molecule has 1 aliphatic rings.